The molecular formula is C11H18N4O2. The van der Waals surface area contributed by atoms with E-state index in [0.29, 0.717) is 30.3 Å². The molecule has 1 aromatic carbocycles. The summed E-state index contributed by atoms with van der Waals surface area (Å²) < 4.78 is 11.2. The van der Waals surface area contributed by atoms with Crippen molar-refractivity contribution >= 4 is 11.4 Å². The van der Waals surface area contributed by atoms with Gasteiger partial charge in [-0.05, 0) is 12.1 Å². The molecule has 0 radical (unpaired) electrons. The van der Waals surface area contributed by atoms with Crippen LogP contribution in [-0.4, -0.2) is 32.4 Å². The number of ether oxygens (including phenoxy) is 2. The highest BCUT2D eigenvalue weighted by atomic mass is 16.5. The minimum atomic E-state index is 0.0656. The minimum Gasteiger partial charge on any atom is -0.489 e. The summed E-state index contributed by atoms with van der Waals surface area (Å²) in [6, 6.07) is 5.41. The Kier molecular flexibility index (Phi) is 4.03. The van der Waals surface area contributed by atoms with Gasteiger partial charge in [0.1, 0.15) is 24.1 Å². The zero-order chi connectivity index (χ0) is 12.1. The van der Waals surface area contributed by atoms with E-state index in [1.54, 1.807) is 6.07 Å². The van der Waals surface area contributed by atoms with Crippen molar-refractivity contribution in [3.05, 3.63) is 18.2 Å². The molecule has 1 saturated heterocycles. The smallest absolute Gasteiger partial charge is 0.145 e. The molecule has 1 aliphatic heterocycles. The molecule has 1 aromatic rings. The highest BCUT2D eigenvalue weighted by Gasteiger charge is 2.15. The molecule has 1 atom stereocenters. The van der Waals surface area contributed by atoms with Crippen molar-refractivity contribution in [2.45, 2.75) is 6.10 Å². The molecule has 0 amide bonds. The van der Waals surface area contributed by atoms with E-state index in [0.717, 1.165) is 13.1 Å². The second-order valence-electron chi connectivity index (χ2n) is 3.87. The molecule has 1 aliphatic rings. The van der Waals surface area contributed by atoms with E-state index in [4.69, 9.17) is 21.1 Å². The zero-order valence-electron chi connectivity index (χ0n) is 9.61. The van der Waals surface area contributed by atoms with Crippen LogP contribution in [0.4, 0.5) is 11.4 Å². The van der Waals surface area contributed by atoms with Crippen molar-refractivity contribution in [3.63, 3.8) is 0 Å². The van der Waals surface area contributed by atoms with Crippen molar-refractivity contribution in [1.29, 1.82) is 0 Å². The van der Waals surface area contributed by atoms with Crippen molar-refractivity contribution in [2.75, 3.05) is 37.5 Å². The number of nitrogens with two attached hydrogens (primary N) is 2. The lowest BCUT2D eigenvalue weighted by Crippen LogP contribution is -2.41. The number of benzene rings is 1. The Bertz CT molecular complexity index is 366. The summed E-state index contributed by atoms with van der Waals surface area (Å²) in [6.45, 7) is 2.89. The van der Waals surface area contributed by atoms with Crippen LogP contribution in [0.15, 0.2) is 18.2 Å². The standard InChI is InChI=1S/C11H18N4O2/c12-9-2-1-3-10(11(9)15-13)17-7-8-6-14-4-5-16-8/h1-3,8,14-15H,4-7,12-13H2/t8-/m0/s1. The van der Waals surface area contributed by atoms with E-state index < -0.39 is 0 Å². The summed E-state index contributed by atoms with van der Waals surface area (Å²) in [7, 11) is 0. The van der Waals surface area contributed by atoms with Crippen LogP contribution in [0.3, 0.4) is 0 Å². The minimum absolute atomic E-state index is 0.0656. The molecule has 0 bridgehead atoms. The molecule has 2 rings (SSSR count). The van der Waals surface area contributed by atoms with Crippen LogP contribution in [0, 0.1) is 0 Å². The van der Waals surface area contributed by atoms with Crippen LogP contribution >= 0.6 is 0 Å². The Morgan fingerprint density at radius 3 is 3.12 bits per heavy atom. The van der Waals surface area contributed by atoms with Crippen molar-refractivity contribution in [2.24, 2.45) is 5.84 Å². The Balaban J connectivity index is 1.95. The fraction of sp³-hybridized carbons (Fsp3) is 0.455. The largest absolute Gasteiger partial charge is 0.489 e. The van der Waals surface area contributed by atoms with Gasteiger partial charge in [-0.1, -0.05) is 6.07 Å². The number of nitrogen functional groups attached to an aromatic ring is 2. The predicted octanol–water partition coefficient (Wildman–Crippen LogP) is -0.0784. The van der Waals surface area contributed by atoms with Gasteiger partial charge in [0.25, 0.3) is 0 Å². The highest BCUT2D eigenvalue weighted by molar-refractivity contribution is 5.72. The molecule has 0 saturated carbocycles. The SMILES string of the molecule is NNc1c(N)cccc1OC[C@@H]1CNCCO1. The maximum atomic E-state index is 5.77. The van der Waals surface area contributed by atoms with Gasteiger partial charge in [0.2, 0.25) is 0 Å². The lowest BCUT2D eigenvalue weighted by atomic mass is 10.2. The quantitative estimate of drug-likeness (QED) is 0.333. The second kappa shape index (κ2) is 5.72. The third-order valence-corrected chi connectivity index (χ3v) is 2.63. The van der Waals surface area contributed by atoms with Crippen LogP contribution in [0.25, 0.3) is 0 Å². The molecule has 0 aliphatic carbocycles. The van der Waals surface area contributed by atoms with E-state index in [1.165, 1.54) is 0 Å². The molecule has 94 valence electrons. The lowest BCUT2D eigenvalue weighted by molar-refractivity contribution is 0.000350. The highest BCUT2D eigenvalue weighted by Crippen LogP contribution is 2.29. The molecular weight excluding hydrogens is 220 g/mol. The molecule has 6 heteroatoms. The van der Waals surface area contributed by atoms with Crippen molar-refractivity contribution in [3.8, 4) is 5.75 Å². The van der Waals surface area contributed by atoms with E-state index in [2.05, 4.69) is 10.7 Å². The number of para-hydroxylation sites is 1. The summed E-state index contributed by atoms with van der Waals surface area (Å²) in [5.41, 5.74) is 9.49. The molecule has 0 aromatic heterocycles. The van der Waals surface area contributed by atoms with Crippen LogP contribution < -0.4 is 27.1 Å². The number of hydrogen-bond donors (Lipinski definition) is 4. The van der Waals surface area contributed by atoms with Gasteiger partial charge in [-0.2, -0.15) is 0 Å². The van der Waals surface area contributed by atoms with Crippen LogP contribution in [-0.2, 0) is 4.74 Å². The number of hydrogen-bond acceptors (Lipinski definition) is 6. The number of hydrazine groups is 1. The van der Waals surface area contributed by atoms with Crippen LogP contribution in [0.2, 0.25) is 0 Å². The maximum Gasteiger partial charge on any atom is 0.145 e. The van der Waals surface area contributed by atoms with Crippen LogP contribution in [0.1, 0.15) is 0 Å². The van der Waals surface area contributed by atoms with Gasteiger partial charge < -0.3 is 25.9 Å². The third kappa shape index (κ3) is 3.00. The van der Waals surface area contributed by atoms with Gasteiger partial charge in [0.15, 0.2) is 0 Å². The van der Waals surface area contributed by atoms with E-state index in [1.807, 2.05) is 12.1 Å². The number of rotatable bonds is 4. The first-order chi connectivity index (χ1) is 8.31. The summed E-state index contributed by atoms with van der Waals surface area (Å²) in [4.78, 5) is 0. The third-order valence-electron chi connectivity index (χ3n) is 2.63. The molecule has 1 fully saturated rings. The Hall–Kier alpha value is -1.50. The first-order valence-electron chi connectivity index (χ1n) is 5.61. The molecule has 6 nitrogen and oxygen atoms in total. The average Bonchev–Trinajstić information content (AvgIpc) is 2.37. The maximum absolute atomic E-state index is 5.77. The first-order valence-corrected chi connectivity index (χ1v) is 5.61. The van der Waals surface area contributed by atoms with E-state index in [9.17, 15) is 0 Å². The number of nitrogens with one attached hydrogen (secondary N) is 2. The average molecular weight is 238 g/mol. The van der Waals surface area contributed by atoms with Crippen molar-refractivity contribution in [1.82, 2.24) is 5.32 Å². The molecule has 0 unspecified atom stereocenters. The molecule has 1 heterocycles. The molecule has 0 spiro atoms. The van der Waals surface area contributed by atoms with Gasteiger partial charge >= 0.3 is 0 Å². The molecule has 6 N–H and O–H groups in total. The summed E-state index contributed by atoms with van der Waals surface area (Å²) in [5.74, 6) is 6.05. The zero-order valence-corrected chi connectivity index (χ0v) is 9.61. The summed E-state index contributed by atoms with van der Waals surface area (Å²) in [5, 5.41) is 3.24. The van der Waals surface area contributed by atoms with E-state index in [-0.39, 0.29) is 6.10 Å². The van der Waals surface area contributed by atoms with Gasteiger partial charge in [0.05, 0.1) is 12.3 Å². The Morgan fingerprint density at radius 1 is 1.53 bits per heavy atom. The van der Waals surface area contributed by atoms with Gasteiger partial charge in [-0.3, -0.25) is 5.84 Å². The van der Waals surface area contributed by atoms with Gasteiger partial charge in [0, 0.05) is 13.1 Å². The lowest BCUT2D eigenvalue weighted by Gasteiger charge is -2.24. The Labute approximate surface area is 100 Å². The fourth-order valence-electron chi connectivity index (χ4n) is 1.73. The Morgan fingerprint density at radius 2 is 2.41 bits per heavy atom. The fourth-order valence-corrected chi connectivity index (χ4v) is 1.73. The normalized spacial score (nSPS) is 19.9. The van der Waals surface area contributed by atoms with Crippen LogP contribution in [0.5, 0.6) is 5.75 Å². The first kappa shape index (κ1) is 12.0. The molecule has 17 heavy (non-hydrogen) atoms. The predicted molar refractivity (Wildman–Crippen MR) is 66.8 cm³/mol. The second-order valence-corrected chi connectivity index (χ2v) is 3.87. The topological polar surface area (TPSA) is 94.6 Å². The van der Waals surface area contributed by atoms with E-state index >= 15 is 0 Å². The summed E-state index contributed by atoms with van der Waals surface area (Å²) >= 11 is 0. The van der Waals surface area contributed by atoms with Gasteiger partial charge in [-0.15, -0.1) is 0 Å². The summed E-state index contributed by atoms with van der Waals surface area (Å²) in [6.07, 6.45) is 0.0656. The van der Waals surface area contributed by atoms with Crippen molar-refractivity contribution < 1.29 is 9.47 Å². The number of anilines is 2. The van der Waals surface area contributed by atoms with Gasteiger partial charge in [-0.25, -0.2) is 0 Å². The monoisotopic (exact) mass is 238 g/mol. The number of morpholine rings is 1.